The van der Waals surface area contributed by atoms with E-state index in [1.165, 1.54) is 11.1 Å². The number of halogens is 1. The van der Waals surface area contributed by atoms with E-state index < -0.39 is 0 Å². The van der Waals surface area contributed by atoms with E-state index in [0.29, 0.717) is 11.4 Å². The topological polar surface area (TPSA) is 41.6 Å². The van der Waals surface area contributed by atoms with E-state index >= 15 is 0 Å². The quantitative estimate of drug-likeness (QED) is 0.532. The van der Waals surface area contributed by atoms with Crippen LogP contribution in [-0.2, 0) is 16.6 Å². The van der Waals surface area contributed by atoms with Gasteiger partial charge in [-0.15, -0.1) is 0 Å². The molecular formula is C28H31ClN2O2. The first-order valence-corrected chi connectivity index (χ1v) is 12.3. The van der Waals surface area contributed by atoms with Gasteiger partial charge < -0.3 is 15.0 Å². The number of nitrogens with zero attached hydrogens (tertiary/aromatic N) is 1. The van der Waals surface area contributed by atoms with E-state index in [1.54, 1.807) is 0 Å². The van der Waals surface area contributed by atoms with Crippen LogP contribution < -0.4 is 10.1 Å². The third kappa shape index (κ3) is 4.22. The molecule has 0 bridgehead atoms. The normalized spacial score (nSPS) is 17.9. The van der Waals surface area contributed by atoms with E-state index in [4.69, 9.17) is 16.3 Å². The molecule has 1 unspecified atom stereocenters. The Hall–Kier alpha value is -2.56. The summed E-state index contributed by atoms with van der Waals surface area (Å²) in [6, 6.07) is 18.7. The summed E-state index contributed by atoms with van der Waals surface area (Å²) in [5, 5.41) is 6.42. The van der Waals surface area contributed by atoms with E-state index in [1.807, 2.05) is 36.2 Å². The van der Waals surface area contributed by atoms with Crippen LogP contribution in [0.1, 0.15) is 48.9 Å². The Morgan fingerprint density at radius 1 is 1.15 bits per heavy atom. The highest BCUT2D eigenvalue weighted by Crippen LogP contribution is 2.41. The summed E-state index contributed by atoms with van der Waals surface area (Å²) in [7, 11) is 1.92. The molecule has 1 atom stereocenters. The minimum absolute atomic E-state index is 0.0757. The van der Waals surface area contributed by atoms with Crippen molar-refractivity contribution >= 4 is 28.3 Å². The second-order valence-corrected chi connectivity index (χ2v) is 9.96. The van der Waals surface area contributed by atoms with E-state index in [-0.39, 0.29) is 17.4 Å². The number of rotatable bonds is 5. The first kappa shape index (κ1) is 22.2. The number of nitrogens with one attached hydrogen (secondary N) is 1. The molecular weight excluding hydrogens is 432 g/mol. The van der Waals surface area contributed by atoms with Gasteiger partial charge in [0.15, 0.2) is 0 Å². The van der Waals surface area contributed by atoms with Gasteiger partial charge in [0, 0.05) is 30.3 Å². The van der Waals surface area contributed by atoms with Gasteiger partial charge in [-0.05, 0) is 78.5 Å². The largest absolute Gasteiger partial charge is 0.493 e. The van der Waals surface area contributed by atoms with Crippen LogP contribution in [0.2, 0.25) is 5.02 Å². The summed E-state index contributed by atoms with van der Waals surface area (Å²) >= 11 is 6.44. The molecule has 4 nitrogen and oxygen atoms in total. The van der Waals surface area contributed by atoms with Crippen molar-refractivity contribution in [2.45, 2.75) is 44.1 Å². The Kier molecular flexibility index (Phi) is 6.07. The fourth-order valence-electron chi connectivity index (χ4n) is 5.48. The fourth-order valence-corrected chi connectivity index (χ4v) is 5.71. The zero-order valence-corrected chi connectivity index (χ0v) is 20.1. The number of hydrogen-bond donors (Lipinski definition) is 1. The van der Waals surface area contributed by atoms with Crippen LogP contribution in [0, 0.1) is 0 Å². The molecule has 2 aliphatic rings. The van der Waals surface area contributed by atoms with Gasteiger partial charge in [-0.2, -0.15) is 0 Å². The minimum atomic E-state index is -0.148. The summed E-state index contributed by atoms with van der Waals surface area (Å²) in [5.41, 5.74) is 3.48. The summed E-state index contributed by atoms with van der Waals surface area (Å²) in [6.45, 7) is 4.70. The third-order valence-corrected chi connectivity index (χ3v) is 7.85. The van der Waals surface area contributed by atoms with Crippen LogP contribution in [0.25, 0.3) is 10.8 Å². The summed E-state index contributed by atoms with van der Waals surface area (Å²) in [4.78, 5) is 15.6. The molecule has 0 aliphatic carbocycles. The van der Waals surface area contributed by atoms with Gasteiger partial charge in [-0.1, -0.05) is 48.0 Å². The number of fused-ring (bicyclic) bond motifs is 2. The van der Waals surface area contributed by atoms with Gasteiger partial charge in [-0.3, -0.25) is 4.79 Å². The van der Waals surface area contributed by atoms with Crippen molar-refractivity contribution in [1.82, 2.24) is 10.2 Å². The zero-order chi connectivity index (χ0) is 23.0. The van der Waals surface area contributed by atoms with Crippen molar-refractivity contribution in [2.75, 3.05) is 26.7 Å². The SMILES string of the molecule is CC(c1cc(Cl)cc2ccccc12)N(C)C(=O)CC1(c2ccc3c(c2)CCO3)CCNCC1. The number of benzene rings is 3. The van der Waals surface area contributed by atoms with E-state index in [2.05, 4.69) is 42.6 Å². The highest BCUT2D eigenvalue weighted by molar-refractivity contribution is 6.31. The molecule has 2 heterocycles. The second-order valence-electron chi connectivity index (χ2n) is 9.52. The maximum atomic E-state index is 13.7. The van der Waals surface area contributed by atoms with E-state index in [0.717, 1.165) is 61.0 Å². The van der Waals surface area contributed by atoms with Gasteiger partial charge in [0.05, 0.1) is 12.6 Å². The smallest absolute Gasteiger partial charge is 0.223 e. The minimum Gasteiger partial charge on any atom is -0.493 e. The van der Waals surface area contributed by atoms with Crippen molar-refractivity contribution in [2.24, 2.45) is 0 Å². The molecule has 1 fully saturated rings. The van der Waals surface area contributed by atoms with Crippen LogP contribution in [0.15, 0.2) is 54.6 Å². The lowest BCUT2D eigenvalue weighted by Crippen LogP contribution is -2.44. The van der Waals surface area contributed by atoms with E-state index in [9.17, 15) is 4.79 Å². The maximum absolute atomic E-state index is 13.7. The molecule has 2 aliphatic heterocycles. The lowest BCUT2D eigenvalue weighted by Gasteiger charge is -2.40. The summed E-state index contributed by atoms with van der Waals surface area (Å²) in [5.74, 6) is 1.16. The molecule has 0 radical (unpaired) electrons. The zero-order valence-electron chi connectivity index (χ0n) is 19.4. The van der Waals surface area contributed by atoms with Gasteiger partial charge in [0.1, 0.15) is 5.75 Å². The standard InChI is InChI=1S/C28H31ClN2O2/c1-19(25-17-23(29)16-20-5-3-4-6-24(20)25)31(2)27(32)18-28(10-12-30-13-11-28)22-7-8-26-21(15-22)9-14-33-26/h3-8,15-17,19,30H,9-14,18H2,1-2H3. The van der Waals surface area contributed by atoms with Gasteiger partial charge in [-0.25, -0.2) is 0 Å². The molecule has 0 aromatic heterocycles. The molecule has 1 amide bonds. The third-order valence-electron chi connectivity index (χ3n) is 7.64. The average Bonchev–Trinajstić information content (AvgIpc) is 3.31. The molecule has 5 rings (SSSR count). The molecule has 1 N–H and O–H groups in total. The first-order chi connectivity index (χ1) is 16.0. The molecule has 0 saturated carbocycles. The number of hydrogen-bond acceptors (Lipinski definition) is 3. The Balaban J connectivity index is 1.43. The predicted molar refractivity (Wildman–Crippen MR) is 134 cm³/mol. The summed E-state index contributed by atoms with van der Waals surface area (Å²) in [6.07, 6.45) is 3.37. The highest BCUT2D eigenvalue weighted by atomic mass is 35.5. The number of carbonyl (C=O) groups is 1. The molecule has 1 saturated heterocycles. The lowest BCUT2D eigenvalue weighted by atomic mass is 9.70. The van der Waals surface area contributed by atoms with Crippen molar-refractivity contribution in [3.8, 4) is 5.75 Å². The molecule has 172 valence electrons. The molecule has 0 spiro atoms. The monoisotopic (exact) mass is 462 g/mol. The van der Waals surface area contributed by atoms with Crippen LogP contribution in [0.3, 0.4) is 0 Å². The number of piperidine rings is 1. The molecule has 3 aromatic rings. The van der Waals surface area contributed by atoms with Crippen molar-refractivity contribution in [1.29, 1.82) is 0 Å². The number of ether oxygens (including phenoxy) is 1. The fraction of sp³-hybridized carbons (Fsp3) is 0.393. The molecule has 33 heavy (non-hydrogen) atoms. The van der Waals surface area contributed by atoms with Gasteiger partial charge >= 0.3 is 0 Å². The second kappa shape index (κ2) is 9.00. The molecule has 3 aromatic carbocycles. The Morgan fingerprint density at radius 3 is 2.76 bits per heavy atom. The Bertz CT molecular complexity index is 1190. The van der Waals surface area contributed by atoms with Crippen molar-refractivity contribution in [3.63, 3.8) is 0 Å². The van der Waals surface area contributed by atoms with Crippen molar-refractivity contribution < 1.29 is 9.53 Å². The van der Waals surface area contributed by atoms with Crippen LogP contribution in [0.5, 0.6) is 5.75 Å². The lowest BCUT2D eigenvalue weighted by molar-refractivity contribution is -0.133. The Labute approximate surface area is 200 Å². The van der Waals surface area contributed by atoms with Gasteiger partial charge in [0.2, 0.25) is 5.91 Å². The maximum Gasteiger partial charge on any atom is 0.223 e. The van der Waals surface area contributed by atoms with Crippen molar-refractivity contribution in [3.05, 3.63) is 76.3 Å². The summed E-state index contributed by atoms with van der Waals surface area (Å²) < 4.78 is 5.72. The number of carbonyl (C=O) groups excluding carboxylic acids is 1. The van der Waals surface area contributed by atoms with Crippen LogP contribution >= 0.6 is 11.6 Å². The average molecular weight is 463 g/mol. The van der Waals surface area contributed by atoms with Crippen LogP contribution in [0.4, 0.5) is 0 Å². The van der Waals surface area contributed by atoms with Crippen LogP contribution in [-0.4, -0.2) is 37.6 Å². The van der Waals surface area contributed by atoms with Gasteiger partial charge in [0.25, 0.3) is 0 Å². The first-order valence-electron chi connectivity index (χ1n) is 11.9. The highest BCUT2D eigenvalue weighted by Gasteiger charge is 2.38. The number of amides is 1. The predicted octanol–water partition coefficient (Wildman–Crippen LogP) is 5.66. The Morgan fingerprint density at radius 2 is 1.94 bits per heavy atom. The molecule has 5 heteroatoms.